The Morgan fingerprint density at radius 2 is 1.88 bits per heavy atom. The Bertz CT molecular complexity index is 1730. The molecule has 3 heterocycles. The lowest BCUT2D eigenvalue weighted by molar-refractivity contribution is 0.0374. The molecule has 43 heavy (non-hydrogen) atoms. The van der Waals surface area contributed by atoms with Gasteiger partial charge < -0.3 is 20.1 Å². The van der Waals surface area contributed by atoms with Crippen LogP contribution >= 0.6 is 22.9 Å². The van der Waals surface area contributed by atoms with Gasteiger partial charge in [0.1, 0.15) is 17.6 Å². The van der Waals surface area contributed by atoms with E-state index in [9.17, 15) is 5.26 Å². The van der Waals surface area contributed by atoms with Gasteiger partial charge in [-0.25, -0.2) is 0 Å². The molecule has 2 aromatic heterocycles. The molecule has 0 aliphatic carbocycles. The number of pyridine rings is 1. The average molecular weight is 610 g/mol. The summed E-state index contributed by atoms with van der Waals surface area (Å²) in [6.45, 7) is 6.74. The summed E-state index contributed by atoms with van der Waals surface area (Å²) >= 11 is 8.32. The van der Waals surface area contributed by atoms with E-state index in [-0.39, 0.29) is 0 Å². The SMILES string of the molecule is N#Cc1cnc2cc(-c3csc(CNCCCN4CCOCC4)c3)ccc2c1Nc1ccc(Oc2ccccc2)c(Cl)c1. The number of hydrogen-bond donors (Lipinski definition) is 2. The molecule has 6 rings (SSSR count). The van der Waals surface area contributed by atoms with E-state index >= 15 is 0 Å². The van der Waals surface area contributed by atoms with Crippen LogP contribution < -0.4 is 15.4 Å². The van der Waals surface area contributed by atoms with Crippen LogP contribution in [0.25, 0.3) is 22.0 Å². The Hall–Kier alpha value is -3.97. The molecule has 1 fully saturated rings. The molecule has 0 unspecified atom stereocenters. The largest absolute Gasteiger partial charge is 0.456 e. The number of nitrogens with one attached hydrogen (secondary N) is 2. The molecule has 3 aromatic carbocycles. The van der Waals surface area contributed by atoms with Crippen molar-refractivity contribution in [2.45, 2.75) is 13.0 Å². The molecule has 0 bridgehead atoms. The number of thiophene rings is 1. The molecule has 218 valence electrons. The van der Waals surface area contributed by atoms with E-state index < -0.39 is 0 Å². The third-order valence-corrected chi connectivity index (χ3v) is 8.61. The summed E-state index contributed by atoms with van der Waals surface area (Å²) in [4.78, 5) is 8.37. The van der Waals surface area contributed by atoms with Crippen LogP contribution in [0.4, 0.5) is 11.4 Å². The Morgan fingerprint density at radius 1 is 1.02 bits per heavy atom. The minimum atomic E-state index is 0.457. The van der Waals surface area contributed by atoms with Crippen molar-refractivity contribution >= 4 is 45.2 Å². The fourth-order valence-electron chi connectivity index (χ4n) is 5.10. The number of para-hydroxylation sites is 1. The first-order chi connectivity index (χ1) is 21.2. The fraction of sp³-hybridized carbons (Fsp3) is 0.235. The van der Waals surface area contributed by atoms with Gasteiger partial charge in [0.25, 0.3) is 0 Å². The Balaban J connectivity index is 1.13. The Morgan fingerprint density at radius 3 is 2.70 bits per heavy atom. The van der Waals surface area contributed by atoms with Crippen LogP contribution in [-0.2, 0) is 11.3 Å². The minimum Gasteiger partial charge on any atom is -0.456 e. The second-order valence-corrected chi connectivity index (χ2v) is 11.8. The third kappa shape index (κ3) is 7.34. The number of nitriles is 1. The molecule has 2 N–H and O–H groups in total. The number of ether oxygens (including phenoxy) is 2. The monoisotopic (exact) mass is 609 g/mol. The number of anilines is 2. The van der Waals surface area contributed by atoms with Gasteiger partial charge >= 0.3 is 0 Å². The van der Waals surface area contributed by atoms with E-state index in [1.165, 1.54) is 10.4 Å². The van der Waals surface area contributed by atoms with Crippen LogP contribution in [0.15, 0.2) is 84.4 Å². The number of benzene rings is 3. The third-order valence-electron chi connectivity index (χ3n) is 7.38. The van der Waals surface area contributed by atoms with Gasteiger partial charge in [-0.05, 0) is 78.5 Å². The molecule has 5 aromatic rings. The van der Waals surface area contributed by atoms with Gasteiger partial charge in [-0.15, -0.1) is 11.3 Å². The Labute approximate surface area is 260 Å². The molecule has 1 aliphatic heterocycles. The molecule has 1 saturated heterocycles. The smallest absolute Gasteiger partial charge is 0.146 e. The highest BCUT2D eigenvalue weighted by molar-refractivity contribution is 7.10. The first-order valence-corrected chi connectivity index (χ1v) is 15.6. The van der Waals surface area contributed by atoms with Gasteiger partial charge in [-0.1, -0.05) is 41.9 Å². The van der Waals surface area contributed by atoms with E-state index in [1.807, 2.05) is 48.5 Å². The standard InChI is InChI=1S/C34H32ClN5O2S/c35-31-19-27(8-10-33(31)42-28-5-2-1-3-6-28)39-34-26(20-36)21-38-32-18-24(7-9-30(32)34)25-17-29(43-23-25)22-37-11-4-12-40-13-15-41-16-14-40/h1-3,5-10,17-19,21,23,37H,4,11-16,22H2,(H,38,39). The summed E-state index contributed by atoms with van der Waals surface area (Å²) in [6.07, 6.45) is 2.75. The minimum absolute atomic E-state index is 0.457. The predicted octanol–water partition coefficient (Wildman–Crippen LogP) is 7.84. The maximum Gasteiger partial charge on any atom is 0.146 e. The molecule has 0 saturated carbocycles. The molecule has 1 aliphatic rings. The van der Waals surface area contributed by atoms with Crippen LogP contribution in [0.1, 0.15) is 16.9 Å². The molecular formula is C34H32ClN5O2S. The molecular weight excluding hydrogens is 578 g/mol. The number of aromatic nitrogens is 1. The number of halogens is 1. The highest BCUT2D eigenvalue weighted by Crippen LogP contribution is 2.36. The summed E-state index contributed by atoms with van der Waals surface area (Å²) in [7, 11) is 0. The van der Waals surface area contributed by atoms with Gasteiger partial charge in [0.15, 0.2) is 0 Å². The first-order valence-electron chi connectivity index (χ1n) is 14.4. The topological polar surface area (TPSA) is 82.4 Å². The molecule has 7 nitrogen and oxygen atoms in total. The van der Waals surface area contributed by atoms with Gasteiger partial charge in [0.05, 0.1) is 35.0 Å². The summed E-state index contributed by atoms with van der Waals surface area (Å²) in [5, 5.41) is 20.3. The van der Waals surface area contributed by atoms with E-state index in [0.29, 0.717) is 27.8 Å². The van der Waals surface area contributed by atoms with Crippen molar-refractivity contribution in [3.63, 3.8) is 0 Å². The van der Waals surface area contributed by atoms with Crippen LogP contribution in [0.3, 0.4) is 0 Å². The number of nitrogens with zero attached hydrogens (tertiary/aromatic N) is 3. The lowest BCUT2D eigenvalue weighted by Gasteiger charge is -2.26. The first kappa shape index (κ1) is 29.1. The van der Waals surface area contributed by atoms with E-state index in [4.69, 9.17) is 21.1 Å². The second kappa shape index (κ2) is 14.0. The lowest BCUT2D eigenvalue weighted by atomic mass is 10.0. The normalized spacial score (nSPS) is 13.6. The Kier molecular flexibility index (Phi) is 9.48. The number of morpholine rings is 1. The number of fused-ring (bicyclic) bond motifs is 1. The molecule has 0 amide bonds. The highest BCUT2D eigenvalue weighted by Gasteiger charge is 2.13. The van der Waals surface area contributed by atoms with Crippen molar-refractivity contribution in [3.05, 3.63) is 99.8 Å². The summed E-state index contributed by atoms with van der Waals surface area (Å²) in [5.74, 6) is 1.27. The van der Waals surface area contributed by atoms with E-state index in [1.54, 1.807) is 23.6 Å². The second-order valence-electron chi connectivity index (χ2n) is 10.4. The van der Waals surface area contributed by atoms with Crippen LogP contribution in [-0.4, -0.2) is 49.3 Å². The maximum absolute atomic E-state index is 9.84. The van der Waals surface area contributed by atoms with Crippen LogP contribution in [0, 0.1) is 11.3 Å². The molecule has 9 heteroatoms. The predicted molar refractivity (Wildman–Crippen MR) is 175 cm³/mol. The van der Waals surface area contributed by atoms with Crippen molar-refractivity contribution in [1.82, 2.24) is 15.2 Å². The van der Waals surface area contributed by atoms with Gasteiger partial charge in [0, 0.05) is 41.8 Å². The summed E-state index contributed by atoms with van der Waals surface area (Å²) in [6, 6.07) is 25.7. The zero-order valence-electron chi connectivity index (χ0n) is 23.7. The number of rotatable bonds is 11. The van der Waals surface area contributed by atoms with Gasteiger partial charge in [-0.3, -0.25) is 9.88 Å². The maximum atomic E-state index is 9.84. The fourth-order valence-corrected chi connectivity index (χ4v) is 6.18. The van der Waals surface area contributed by atoms with E-state index in [0.717, 1.165) is 74.5 Å². The van der Waals surface area contributed by atoms with Crippen molar-refractivity contribution in [2.75, 3.05) is 44.7 Å². The van der Waals surface area contributed by atoms with Crippen molar-refractivity contribution in [3.8, 4) is 28.7 Å². The zero-order chi connectivity index (χ0) is 29.4. The zero-order valence-corrected chi connectivity index (χ0v) is 25.3. The van der Waals surface area contributed by atoms with Crippen molar-refractivity contribution < 1.29 is 9.47 Å². The van der Waals surface area contributed by atoms with Gasteiger partial charge in [0.2, 0.25) is 0 Å². The summed E-state index contributed by atoms with van der Waals surface area (Å²) in [5.41, 5.74) is 4.97. The molecule has 0 atom stereocenters. The van der Waals surface area contributed by atoms with E-state index in [2.05, 4.69) is 50.2 Å². The van der Waals surface area contributed by atoms with Crippen LogP contribution in [0.2, 0.25) is 5.02 Å². The molecule has 0 radical (unpaired) electrons. The average Bonchev–Trinajstić information content (AvgIpc) is 3.52. The lowest BCUT2D eigenvalue weighted by Crippen LogP contribution is -2.37. The van der Waals surface area contributed by atoms with Crippen molar-refractivity contribution in [2.24, 2.45) is 0 Å². The number of hydrogen-bond acceptors (Lipinski definition) is 8. The quantitative estimate of drug-likeness (QED) is 0.148. The van der Waals surface area contributed by atoms with Crippen LogP contribution in [0.5, 0.6) is 11.5 Å². The van der Waals surface area contributed by atoms with Gasteiger partial charge in [-0.2, -0.15) is 5.26 Å². The van der Waals surface area contributed by atoms with Crippen molar-refractivity contribution in [1.29, 1.82) is 5.26 Å². The highest BCUT2D eigenvalue weighted by atomic mass is 35.5. The molecule has 0 spiro atoms. The summed E-state index contributed by atoms with van der Waals surface area (Å²) < 4.78 is 11.3.